The Bertz CT molecular complexity index is 806. The fourth-order valence-corrected chi connectivity index (χ4v) is 5.89. The lowest BCUT2D eigenvalue weighted by Crippen LogP contribution is -2.46. The number of hydrogen-bond donors (Lipinski definition) is 1. The Labute approximate surface area is 175 Å². The summed E-state index contributed by atoms with van der Waals surface area (Å²) in [6.45, 7) is 9.35. The topological polar surface area (TPSA) is 35.6 Å². The lowest BCUT2D eigenvalue weighted by Gasteiger charge is -2.35. The van der Waals surface area contributed by atoms with E-state index in [0.717, 1.165) is 25.8 Å². The van der Waals surface area contributed by atoms with Crippen LogP contribution in [0.4, 0.5) is 0 Å². The van der Waals surface area contributed by atoms with Gasteiger partial charge >= 0.3 is 0 Å². The molecule has 0 spiro atoms. The highest BCUT2D eigenvalue weighted by Crippen LogP contribution is 2.46. The Morgan fingerprint density at radius 3 is 2.72 bits per heavy atom. The molecule has 2 atom stereocenters. The third kappa shape index (κ3) is 3.77. The highest BCUT2D eigenvalue weighted by molar-refractivity contribution is 5.85. The highest BCUT2D eigenvalue weighted by atomic mass is 16.2. The van der Waals surface area contributed by atoms with Crippen LogP contribution in [0.15, 0.2) is 29.3 Å². The van der Waals surface area contributed by atoms with Crippen LogP contribution in [0.1, 0.15) is 68.2 Å². The van der Waals surface area contributed by atoms with Gasteiger partial charge in [0.25, 0.3) is 0 Å². The van der Waals surface area contributed by atoms with Crippen molar-refractivity contribution < 1.29 is 4.79 Å². The van der Waals surface area contributed by atoms with Crippen LogP contribution in [-0.4, -0.2) is 48.4 Å². The van der Waals surface area contributed by atoms with Crippen LogP contribution < -0.4 is 5.32 Å². The summed E-state index contributed by atoms with van der Waals surface area (Å²) >= 11 is 0. The second-order valence-corrected chi connectivity index (χ2v) is 9.47. The molecule has 2 aliphatic carbocycles. The number of benzene rings is 1. The van der Waals surface area contributed by atoms with Crippen molar-refractivity contribution in [1.29, 1.82) is 0 Å². The van der Waals surface area contributed by atoms with Gasteiger partial charge in [-0.3, -0.25) is 9.69 Å². The maximum absolute atomic E-state index is 12.6. The molecule has 156 valence electrons. The Morgan fingerprint density at radius 1 is 1.07 bits per heavy atom. The van der Waals surface area contributed by atoms with Gasteiger partial charge in [0.15, 0.2) is 0 Å². The minimum absolute atomic E-state index is 0.151. The molecule has 1 aromatic carbocycles. The van der Waals surface area contributed by atoms with E-state index in [1.54, 1.807) is 0 Å². The van der Waals surface area contributed by atoms with Gasteiger partial charge in [-0.25, -0.2) is 0 Å². The Morgan fingerprint density at radius 2 is 1.90 bits per heavy atom. The quantitative estimate of drug-likeness (QED) is 0.773. The molecule has 2 aliphatic heterocycles. The van der Waals surface area contributed by atoms with E-state index in [0.29, 0.717) is 0 Å². The van der Waals surface area contributed by atoms with Crippen molar-refractivity contribution in [1.82, 2.24) is 15.1 Å². The van der Waals surface area contributed by atoms with Crippen LogP contribution in [-0.2, 0) is 17.8 Å². The summed E-state index contributed by atoms with van der Waals surface area (Å²) in [5.41, 5.74) is 7.22. The van der Waals surface area contributed by atoms with Gasteiger partial charge in [-0.05, 0) is 60.9 Å². The van der Waals surface area contributed by atoms with Gasteiger partial charge in [-0.1, -0.05) is 43.5 Å². The van der Waals surface area contributed by atoms with E-state index < -0.39 is 0 Å². The normalized spacial score (nSPS) is 27.4. The number of carbonyl (C=O) groups excluding carboxylic acids is 1. The minimum Gasteiger partial charge on any atom is -0.345 e. The van der Waals surface area contributed by atoms with Gasteiger partial charge in [0.2, 0.25) is 5.91 Å². The van der Waals surface area contributed by atoms with E-state index in [1.165, 1.54) is 86.2 Å². The van der Waals surface area contributed by atoms with Gasteiger partial charge in [0, 0.05) is 32.7 Å². The van der Waals surface area contributed by atoms with Gasteiger partial charge in [0.1, 0.15) is 0 Å². The largest absolute Gasteiger partial charge is 0.345 e. The summed E-state index contributed by atoms with van der Waals surface area (Å²) in [6, 6.07) is 7.17. The number of nitrogens with zero attached hydrogens (tertiary/aromatic N) is 2. The summed E-state index contributed by atoms with van der Waals surface area (Å²) in [4.78, 5) is 17.9. The zero-order chi connectivity index (χ0) is 19.8. The molecule has 4 aliphatic rings. The van der Waals surface area contributed by atoms with Crippen molar-refractivity contribution in [2.24, 2.45) is 5.92 Å². The fraction of sp³-hybridized carbons (Fsp3) is 0.640. The molecule has 2 unspecified atom stereocenters. The number of carbonyl (C=O) groups is 1. The van der Waals surface area contributed by atoms with E-state index in [-0.39, 0.29) is 17.9 Å². The first-order valence-corrected chi connectivity index (χ1v) is 11.8. The Balaban J connectivity index is 1.28. The molecule has 0 aromatic heterocycles. The van der Waals surface area contributed by atoms with Crippen LogP contribution in [0.2, 0.25) is 0 Å². The molecule has 1 saturated carbocycles. The molecule has 4 nitrogen and oxygen atoms in total. The number of nitrogens with one attached hydrogen (secondary N) is 1. The van der Waals surface area contributed by atoms with Gasteiger partial charge in [0.05, 0.1) is 12.0 Å². The fourth-order valence-electron chi connectivity index (χ4n) is 5.89. The predicted molar refractivity (Wildman–Crippen MR) is 117 cm³/mol. The molecule has 1 amide bonds. The second kappa shape index (κ2) is 8.23. The number of amides is 1. The van der Waals surface area contributed by atoms with E-state index in [9.17, 15) is 4.79 Å². The second-order valence-electron chi connectivity index (χ2n) is 9.47. The smallest absolute Gasteiger partial charge is 0.227 e. The average molecular weight is 394 g/mol. The van der Waals surface area contributed by atoms with Crippen LogP contribution in [0.25, 0.3) is 0 Å². The molecular weight excluding hydrogens is 358 g/mol. The Hall–Kier alpha value is -1.65. The van der Waals surface area contributed by atoms with E-state index in [2.05, 4.69) is 40.2 Å². The molecule has 0 bridgehead atoms. The lowest BCUT2D eigenvalue weighted by molar-refractivity contribution is -0.125. The van der Waals surface area contributed by atoms with Crippen LogP contribution in [0, 0.1) is 5.92 Å². The standard InChI is InChI=1S/C25H35N3O/c1-2-3-10-27-11-13-28(14-12-27)17-18-8-9-20-19(15-18)16-23-21-6-4-5-7-22(21)25(29)26-24(20)23/h8-9,15,22,24H,2-7,10-14,16-17H2,1H3,(H,26,29). The number of fused-ring (bicyclic) bond motifs is 4. The SMILES string of the molecule is CCCCN1CCN(Cc2ccc3c(c2)CC2=C4CCCCC4C(=O)NC23)CC1. The van der Waals surface area contributed by atoms with E-state index in [1.807, 2.05) is 0 Å². The van der Waals surface area contributed by atoms with Crippen molar-refractivity contribution >= 4 is 5.91 Å². The highest BCUT2D eigenvalue weighted by Gasteiger charge is 2.40. The molecule has 2 heterocycles. The minimum atomic E-state index is 0.151. The van der Waals surface area contributed by atoms with E-state index >= 15 is 0 Å². The summed E-state index contributed by atoms with van der Waals surface area (Å²) in [6.07, 6.45) is 8.28. The molecule has 5 rings (SSSR count). The summed E-state index contributed by atoms with van der Waals surface area (Å²) in [7, 11) is 0. The van der Waals surface area contributed by atoms with Crippen molar-refractivity contribution in [2.45, 2.75) is 64.5 Å². The lowest BCUT2D eigenvalue weighted by atomic mass is 9.77. The maximum Gasteiger partial charge on any atom is 0.227 e. The number of unbranched alkanes of at least 4 members (excludes halogenated alkanes) is 1. The molecule has 4 heteroatoms. The van der Waals surface area contributed by atoms with Crippen molar-refractivity contribution in [3.63, 3.8) is 0 Å². The number of hydrogen-bond acceptors (Lipinski definition) is 3. The first-order chi connectivity index (χ1) is 14.2. The zero-order valence-corrected chi connectivity index (χ0v) is 17.9. The third-order valence-electron chi connectivity index (χ3n) is 7.57. The molecule has 1 aromatic rings. The molecule has 29 heavy (non-hydrogen) atoms. The number of rotatable bonds is 5. The first kappa shape index (κ1) is 19.3. The van der Waals surface area contributed by atoms with Crippen LogP contribution >= 0.6 is 0 Å². The summed E-state index contributed by atoms with van der Waals surface area (Å²) < 4.78 is 0. The molecular formula is C25H35N3O. The van der Waals surface area contributed by atoms with Crippen molar-refractivity contribution in [3.05, 3.63) is 46.0 Å². The monoisotopic (exact) mass is 393 g/mol. The number of piperazine rings is 1. The molecule has 1 N–H and O–H groups in total. The van der Waals surface area contributed by atoms with Crippen molar-refractivity contribution in [3.8, 4) is 0 Å². The van der Waals surface area contributed by atoms with E-state index in [4.69, 9.17) is 0 Å². The van der Waals surface area contributed by atoms with Crippen LogP contribution in [0.5, 0.6) is 0 Å². The zero-order valence-electron chi connectivity index (χ0n) is 17.9. The summed E-state index contributed by atoms with van der Waals surface area (Å²) in [5, 5.41) is 3.34. The first-order valence-electron chi connectivity index (χ1n) is 11.8. The van der Waals surface area contributed by atoms with Crippen LogP contribution in [0.3, 0.4) is 0 Å². The maximum atomic E-state index is 12.6. The van der Waals surface area contributed by atoms with Gasteiger partial charge in [-0.2, -0.15) is 0 Å². The van der Waals surface area contributed by atoms with Gasteiger partial charge < -0.3 is 10.2 Å². The molecule has 2 fully saturated rings. The predicted octanol–water partition coefficient (Wildman–Crippen LogP) is 3.82. The van der Waals surface area contributed by atoms with Gasteiger partial charge in [-0.15, -0.1) is 0 Å². The van der Waals surface area contributed by atoms with Crippen molar-refractivity contribution in [2.75, 3.05) is 32.7 Å². The summed E-state index contributed by atoms with van der Waals surface area (Å²) in [5.74, 6) is 0.430. The molecule has 0 radical (unpaired) electrons. The third-order valence-corrected chi connectivity index (χ3v) is 7.57. The molecule has 1 saturated heterocycles. The Kier molecular flexibility index (Phi) is 5.49. The average Bonchev–Trinajstić information content (AvgIpc) is 3.11.